The lowest BCUT2D eigenvalue weighted by Crippen LogP contribution is -2.27. The van der Waals surface area contributed by atoms with E-state index in [9.17, 15) is 14.7 Å². The Morgan fingerprint density at radius 2 is 1.93 bits per heavy atom. The van der Waals surface area contributed by atoms with Gasteiger partial charge in [0.2, 0.25) is 5.91 Å². The van der Waals surface area contributed by atoms with E-state index in [1.54, 1.807) is 25.3 Å². The van der Waals surface area contributed by atoms with Crippen molar-refractivity contribution >= 4 is 11.7 Å². The third kappa shape index (κ3) is 5.65. The maximum Gasteiger partial charge on any atom is 0.224 e. The van der Waals surface area contributed by atoms with Gasteiger partial charge in [0, 0.05) is 37.3 Å². The average Bonchev–Trinajstić information content (AvgIpc) is 3.12. The number of methoxy groups -OCH3 is 1. The first kappa shape index (κ1) is 21.0. The van der Waals surface area contributed by atoms with Crippen LogP contribution < -0.4 is 10.1 Å². The first-order valence-electron chi connectivity index (χ1n) is 9.88. The summed E-state index contributed by atoms with van der Waals surface area (Å²) in [6.07, 6.45) is 0.702. The topological polar surface area (TPSA) is 78.9 Å². The molecule has 1 saturated heterocycles. The lowest BCUT2D eigenvalue weighted by atomic mass is 10.0. The van der Waals surface area contributed by atoms with Crippen LogP contribution in [0.2, 0.25) is 0 Å². The number of aliphatic hydroxyl groups excluding tert-OH is 1. The number of nitrogens with one attached hydrogen (secondary N) is 1. The molecular formula is C23H28N2O4. The second kappa shape index (κ2) is 9.67. The van der Waals surface area contributed by atoms with Gasteiger partial charge in [-0.1, -0.05) is 24.3 Å². The molecule has 1 aliphatic heterocycles. The summed E-state index contributed by atoms with van der Waals surface area (Å²) in [5, 5.41) is 12.7. The molecule has 0 unspecified atom stereocenters. The Hall–Kier alpha value is -2.70. The monoisotopic (exact) mass is 396 g/mol. The molecule has 1 amide bonds. The number of carbonyl (C=O) groups is 2. The molecule has 1 fully saturated rings. The third-order valence-corrected chi connectivity index (χ3v) is 5.27. The Bertz CT molecular complexity index is 881. The number of rotatable bonds is 8. The molecule has 1 heterocycles. The normalized spacial score (nSPS) is 16.6. The van der Waals surface area contributed by atoms with E-state index >= 15 is 0 Å². The summed E-state index contributed by atoms with van der Waals surface area (Å²) >= 11 is 0. The van der Waals surface area contributed by atoms with Gasteiger partial charge in [0.25, 0.3) is 0 Å². The lowest BCUT2D eigenvalue weighted by molar-refractivity contribution is -0.120. The molecule has 6 heteroatoms. The summed E-state index contributed by atoms with van der Waals surface area (Å²) in [6, 6.07) is 13.2. The van der Waals surface area contributed by atoms with Crippen LogP contribution in [0.1, 0.15) is 40.4 Å². The van der Waals surface area contributed by atoms with Gasteiger partial charge in [-0.05, 0) is 42.7 Å². The van der Waals surface area contributed by atoms with Crippen LogP contribution in [-0.4, -0.2) is 48.0 Å². The highest BCUT2D eigenvalue weighted by Gasteiger charge is 2.20. The number of likely N-dealkylation sites (tertiary alicyclic amines) is 1. The number of hydrogen-bond donors (Lipinski definition) is 2. The van der Waals surface area contributed by atoms with Crippen molar-refractivity contribution in [2.24, 2.45) is 0 Å². The fourth-order valence-corrected chi connectivity index (χ4v) is 3.65. The second-order valence-corrected chi connectivity index (χ2v) is 7.48. The smallest absolute Gasteiger partial charge is 0.224 e. The molecule has 2 aromatic carbocycles. The van der Waals surface area contributed by atoms with Gasteiger partial charge in [0.15, 0.2) is 5.78 Å². The SMILES string of the molecule is COc1ccc(C(C)=O)cc1CC(=O)NCc1ccccc1CN1CC[C@H](O)C1. The lowest BCUT2D eigenvalue weighted by Gasteiger charge is -2.18. The summed E-state index contributed by atoms with van der Waals surface area (Å²) in [5.41, 5.74) is 3.47. The van der Waals surface area contributed by atoms with E-state index in [0.29, 0.717) is 30.0 Å². The molecule has 0 aromatic heterocycles. The fraction of sp³-hybridized carbons (Fsp3) is 0.391. The van der Waals surface area contributed by atoms with Crippen LogP contribution in [0.5, 0.6) is 5.75 Å². The average molecular weight is 396 g/mol. The Morgan fingerprint density at radius 3 is 2.59 bits per heavy atom. The molecule has 6 nitrogen and oxygen atoms in total. The molecule has 1 atom stereocenters. The van der Waals surface area contributed by atoms with Crippen molar-refractivity contribution in [2.75, 3.05) is 20.2 Å². The van der Waals surface area contributed by atoms with Gasteiger partial charge < -0.3 is 15.2 Å². The molecule has 0 bridgehead atoms. The quantitative estimate of drug-likeness (QED) is 0.670. The van der Waals surface area contributed by atoms with Crippen molar-refractivity contribution in [1.82, 2.24) is 10.2 Å². The van der Waals surface area contributed by atoms with Gasteiger partial charge in [-0.25, -0.2) is 0 Å². The Labute approximate surface area is 171 Å². The number of nitrogens with zero attached hydrogens (tertiary/aromatic N) is 1. The van der Waals surface area contributed by atoms with E-state index in [-0.39, 0.29) is 24.2 Å². The maximum atomic E-state index is 12.5. The van der Waals surface area contributed by atoms with Gasteiger partial charge >= 0.3 is 0 Å². The molecule has 0 aliphatic carbocycles. The Kier molecular flexibility index (Phi) is 7.01. The van der Waals surface area contributed by atoms with Crippen molar-refractivity contribution in [3.8, 4) is 5.75 Å². The fourth-order valence-electron chi connectivity index (χ4n) is 3.65. The number of ether oxygens (including phenoxy) is 1. The van der Waals surface area contributed by atoms with Crippen molar-refractivity contribution in [3.05, 3.63) is 64.7 Å². The standard InChI is InChI=1S/C23H28N2O4/c1-16(26)17-7-8-22(29-2)20(11-17)12-23(28)24-13-18-5-3-4-6-19(18)14-25-10-9-21(27)15-25/h3-8,11,21,27H,9-10,12-15H2,1-2H3,(H,24,28)/t21-/m0/s1. The Balaban J connectivity index is 1.63. The van der Waals surface area contributed by atoms with Gasteiger partial charge in [-0.2, -0.15) is 0 Å². The van der Waals surface area contributed by atoms with Crippen LogP contribution in [0.25, 0.3) is 0 Å². The van der Waals surface area contributed by atoms with E-state index in [4.69, 9.17) is 4.74 Å². The highest BCUT2D eigenvalue weighted by atomic mass is 16.5. The van der Waals surface area contributed by atoms with Crippen molar-refractivity contribution in [2.45, 2.75) is 39.0 Å². The zero-order valence-corrected chi connectivity index (χ0v) is 17.0. The van der Waals surface area contributed by atoms with Crippen molar-refractivity contribution in [3.63, 3.8) is 0 Å². The summed E-state index contributed by atoms with van der Waals surface area (Å²) < 4.78 is 5.33. The van der Waals surface area contributed by atoms with Crippen LogP contribution in [0.4, 0.5) is 0 Å². The minimum Gasteiger partial charge on any atom is -0.496 e. The van der Waals surface area contributed by atoms with Crippen LogP contribution in [-0.2, 0) is 24.3 Å². The molecule has 1 aliphatic rings. The molecule has 0 radical (unpaired) electrons. The molecule has 154 valence electrons. The first-order chi connectivity index (χ1) is 14.0. The highest BCUT2D eigenvalue weighted by molar-refractivity contribution is 5.94. The van der Waals surface area contributed by atoms with Crippen LogP contribution >= 0.6 is 0 Å². The number of hydrogen-bond acceptors (Lipinski definition) is 5. The zero-order chi connectivity index (χ0) is 20.8. The third-order valence-electron chi connectivity index (χ3n) is 5.27. The van der Waals surface area contributed by atoms with Crippen LogP contribution in [0.15, 0.2) is 42.5 Å². The minimum atomic E-state index is -0.248. The van der Waals surface area contributed by atoms with E-state index in [2.05, 4.69) is 16.3 Å². The number of carbonyl (C=O) groups excluding carboxylic acids is 2. The summed E-state index contributed by atoms with van der Waals surface area (Å²) in [5.74, 6) is 0.420. The molecule has 0 spiro atoms. The van der Waals surface area contributed by atoms with Gasteiger partial charge in [0.05, 0.1) is 19.6 Å². The number of amides is 1. The number of ketones is 1. The molecule has 29 heavy (non-hydrogen) atoms. The number of benzene rings is 2. The highest BCUT2D eigenvalue weighted by Crippen LogP contribution is 2.21. The number of aliphatic hydroxyl groups is 1. The molecule has 2 aromatic rings. The number of Topliss-reactive ketones (excluding diaryl/α,β-unsaturated/α-hetero) is 1. The molecule has 2 N–H and O–H groups in total. The van der Waals surface area contributed by atoms with Crippen LogP contribution in [0.3, 0.4) is 0 Å². The van der Waals surface area contributed by atoms with Gasteiger partial charge in [-0.15, -0.1) is 0 Å². The van der Waals surface area contributed by atoms with E-state index in [1.165, 1.54) is 6.92 Å². The maximum absolute atomic E-state index is 12.5. The zero-order valence-electron chi connectivity index (χ0n) is 17.0. The van der Waals surface area contributed by atoms with Crippen molar-refractivity contribution < 1.29 is 19.4 Å². The summed E-state index contributed by atoms with van der Waals surface area (Å²) in [7, 11) is 1.55. The molecule has 3 rings (SSSR count). The minimum absolute atomic E-state index is 0.0460. The molecular weight excluding hydrogens is 368 g/mol. The van der Waals surface area contributed by atoms with Gasteiger partial charge in [0.1, 0.15) is 5.75 Å². The van der Waals surface area contributed by atoms with Crippen molar-refractivity contribution in [1.29, 1.82) is 0 Å². The first-order valence-corrected chi connectivity index (χ1v) is 9.88. The molecule has 0 saturated carbocycles. The number of β-amino-alcohol motifs (C(OH)–C–C–N with tert-alkyl or cyclic N) is 1. The van der Waals surface area contributed by atoms with Crippen LogP contribution in [0, 0.1) is 0 Å². The van der Waals surface area contributed by atoms with E-state index < -0.39 is 0 Å². The summed E-state index contributed by atoms with van der Waals surface area (Å²) in [6.45, 7) is 4.26. The Morgan fingerprint density at radius 1 is 1.17 bits per heavy atom. The second-order valence-electron chi connectivity index (χ2n) is 7.48. The van der Waals surface area contributed by atoms with Gasteiger partial charge in [-0.3, -0.25) is 14.5 Å². The summed E-state index contributed by atoms with van der Waals surface area (Å²) in [4.78, 5) is 26.4. The largest absolute Gasteiger partial charge is 0.496 e. The predicted molar refractivity (Wildman–Crippen MR) is 111 cm³/mol. The van der Waals surface area contributed by atoms with E-state index in [1.807, 2.05) is 18.2 Å². The predicted octanol–water partition coefficient (Wildman–Crippen LogP) is 2.32. The van der Waals surface area contributed by atoms with E-state index in [0.717, 1.165) is 30.6 Å².